The fourth-order valence-corrected chi connectivity index (χ4v) is 3.82. The van der Waals surface area contributed by atoms with E-state index in [1.54, 1.807) is 16.2 Å². The molecule has 1 amide bonds. The van der Waals surface area contributed by atoms with Crippen molar-refractivity contribution in [2.75, 3.05) is 46.8 Å². The minimum Gasteiger partial charge on any atom is -0.357 e. The number of piperidine rings is 1. The van der Waals surface area contributed by atoms with Crippen molar-refractivity contribution in [3.8, 4) is 0 Å². The van der Waals surface area contributed by atoms with Gasteiger partial charge < -0.3 is 15.5 Å². The van der Waals surface area contributed by atoms with Crippen LogP contribution in [0.25, 0.3) is 0 Å². The van der Waals surface area contributed by atoms with Crippen LogP contribution in [0.2, 0.25) is 0 Å². The summed E-state index contributed by atoms with van der Waals surface area (Å²) in [5.41, 5.74) is 0. The van der Waals surface area contributed by atoms with Gasteiger partial charge in [0.2, 0.25) is 5.91 Å². The molecule has 1 aliphatic heterocycles. The Balaban J connectivity index is 1.77. The maximum absolute atomic E-state index is 11.8. The number of likely N-dealkylation sites (N-methyl/N-ethyl adjacent to an activating group) is 1. The molecule has 152 valence electrons. The number of carbonyl (C=O) groups excluding carboxylic acids is 1. The van der Waals surface area contributed by atoms with Crippen molar-refractivity contribution in [2.45, 2.75) is 45.6 Å². The van der Waals surface area contributed by atoms with Crippen LogP contribution in [-0.2, 0) is 17.6 Å². The summed E-state index contributed by atoms with van der Waals surface area (Å²) in [5, 5.41) is 8.05. The molecule has 2 heterocycles. The van der Waals surface area contributed by atoms with Crippen molar-refractivity contribution in [3.05, 3.63) is 16.1 Å². The van der Waals surface area contributed by atoms with E-state index >= 15 is 0 Å². The highest BCUT2D eigenvalue weighted by Crippen LogP contribution is 2.14. The van der Waals surface area contributed by atoms with E-state index < -0.39 is 0 Å². The Kier molecular flexibility index (Phi) is 9.00. The van der Waals surface area contributed by atoms with Gasteiger partial charge in [0.25, 0.3) is 0 Å². The number of likely N-dealkylation sites (tertiary alicyclic amines) is 1. The molecule has 0 bridgehead atoms. The molecule has 0 aromatic carbocycles. The second-order valence-corrected chi connectivity index (χ2v) is 8.27. The van der Waals surface area contributed by atoms with Crippen LogP contribution in [0.15, 0.2) is 11.2 Å². The third-order valence-electron chi connectivity index (χ3n) is 4.68. The number of guanidine groups is 1. The maximum atomic E-state index is 11.8. The van der Waals surface area contributed by atoms with Crippen molar-refractivity contribution in [2.24, 2.45) is 4.99 Å². The van der Waals surface area contributed by atoms with Gasteiger partial charge >= 0.3 is 0 Å². The first-order valence-electron chi connectivity index (χ1n) is 9.92. The average Bonchev–Trinajstić information content (AvgIpc) is 3.11. The van der Waals surface area contributed by atoms with Crippen molar-refractivity contribution in [1.29, 1.82) is 0 Å². The van der Waals surface area contributed by atoms with Gasteiger partial charge in [-0.3, -0.25) is 14.7 Å². The number of amides is 1. The minimum absolute atomic E-state index is 0.171. The summed E-state index contributed by atoms with van der Waals surface area (Å²) in [6, 6.07) is 0.403. The molecule has 2 rings (SSSR count). The molecule has 1 aliphatic rings. The fraction of sp³-hybridized carbons (Fsp3) is 0.737. The second kappa shape index (κ2) is 11.2. The molecule has 1 saturated heterocycles. The number of aromatic nitrogens is 1. The molecule has 0 aliphatic carbocycles. The highest BCUT2D eigenvalue weighted by molar-refractivity contribution is 7.11. The molecular weight excluding hydrogens is 360 g/mol. The fourth-order valence-electron chi connectivity index (χ4n) is 2.97. The molecule has 1 aromatic heterocycles. The molecule has 8 heteroatoms. The Hall–Kier alpha value is -1.67. The first kappa shape index (κ1) is 21.6. The molecule has 27 heavy (non-hydrogen) atoms. The minimum atomic E-state index is 0.171. The summed E-state index contributed by atoms with van der Waals surface area (Å²) >= 11 is 1.78. The SMILES string of the molecule is CCNC(=NCCc1ncc(CC)s1)NC1CCN(CC(=O)N(C)C)CC1. The quantitative estimate of drug-likeness (QED) is 0.514. The molecule has 1 aromatic rings. The third kappa shape index (κ3) is 7.46. The van der Waals surface area contributed by atoms with Gasteiger partial charge in [-0.2, -0.15) is 0 Å². The van der Waals surface area contributed by atoms with Crippen LogP contribution in [0.5, 0.6) is 0 Å². The molecule has 7 nitrogen and oxygen atoms in total. The third-order valence-corrected chi connectivity index (χ3v) is 5.88. The van der Waals surface area contributed by atoms with E-state index in [-0.39, 0.29) is 5.91 Å². The Morgan fingerprint density at radius 3 is 2.70 bits per heavy atom. The first-order valence-corrected chi connectivity index (χ1v) is 10.7. The normalized spacial score (nSPS) is 16.4. The smallest absolute Gasteiger partial charge is 0.236 e. The lowest BCUT2D eigenvalue weighted by atomic mass is 10.1. The van der Waals surface area contributed by atoms with Crippen molar-refractivity contribution in [3.63, 3.8) is 0 Å². The highest BCUT2D eigenvalue weighted by atomic mass is 32.1. The van der Waals surface area contributed by atoms with Gasteiger partial charge in [0.15, 0.2) is 5.96 Å². The van der Waals surface area contributed by atoms with E-state index in [0.717, 1.165) is 62.8 Å². The summed E-state index contributed by atoms with van der Waals surface area (Å²) < 4.78 is 0. The summed E-state index contributed by atoms with van der Waals surface area (Å²) in [7, 11) is 3.62. The molecule has 0 spiro atoms. The van der Waals surface area contributed by atoms with Gasteiger partial charge in [-0.05, 0) is 26.2 Å². The lowest BCUT2D eigenvalue weighted by Gasteiger charge is -2.33. The number of hydrogen-bond donors (Lipinski definition) is 2. The van der Waals surface area contributed by atoms with Gasteiger partial charge in [0, 0.05) is 63.8 Å². The largest absolute Gasteiger partial charge is 0.357 e. The van der Waals surface area contributed by atoms with Crippen LogP contribution in [-0.4, -0.2) is 79.5 Å². The predicted molar refractivity (Wildman–Crippen MR) is 112 cm³/mol. The Labute approximate surface area is 167 Å². The van der Waals surface area contributed by atoms with Crippen LogP contribution in [0.3, 0.4) is 0 Å². The van der Waals surface area contributed by atoms with Crippen LogP contribution in [0.1, 0.15) is 36.6 Å². The summed E-state index contributed by atoms with van der Waals surface area (Å²) in [4.78, 5) is 26.2. The lowest BCUT2D eigenvalue weighted by Crippen LogP contribution is -2.50. The molecular formula is C19H34N6OS. The van der Waals surface area contributed by atoms with E-state index in [9.17, 15) is 4.79 Å². The van der Waals surface area contributed by atoms with Crippen LogP contribution in [0, 0.1) is 0 Å². The summed E-state index contributed by atoms with van der Waals surface area (Å²) in [6.07, 6.45) is 5.95. The van der Waals surface area contributed by atoms with Crippen molar-refractivity contribution in [1.82, 2.24) is 25.4 Å². The lowest BCUT2D eigenvalue weighted by molar-refractivity contribution is -0.130. The van der Waals surface area contributed by atoms with Gasteiger partial charge in [0.05, 0.1) is 11.6 Å². The van der Waals surface area contributed by atoms with E-state index in [1.165, 1.54) is 4.88 Å². The van der Waals surface area contributed by atoms with Crippen LogP contribution >= 0.6 is 11.3 Å². The van der Waals surface area contributed by atoms with E-state index in [0.29, 0.717) is 12.6 Å². The van der Waals surface area contributed by atoms with Gasteiger partial charge in [-0.25, -0.2) is 4.98 Å². The maximum Gasteiger partial charge on any atom is 0.236 e. The molecule has 0 saturated carbocycles. The Bertz CT molecular complexity index is 607. The first-order chi connectivity index (χ1) is 13.0. The predicted octanol–water partition coefficient (Wildman–Crippen LogP) is 1.36. The zero-order valence-electron chi connectivity index (χ0n) is 17.1. The molecule has 0 unspecified atom stereocenters. The number of rotatable bonds is 8. The monoisotopic (exact) mass is 394 g/mol. The number of carbonyl (C=O) groups is 1. The number of thiazole rings is 1. The van der Waals surface area contributed by atoms with Crippen LogP contribution < -0.4 is 10.6 Å². The Morgan fingerprint density at radius 1 is 1.37 bits per heavy atom. The van der Waals surface area contributed by atoms with Crippen molar-refractivity contribution < 1.29 is 4.79 Å². The van der Waals surface area contributed by atoms with Crippen molar-refractivity contribution >= 4 is 23.2 Å². The zero-order valence-corrected chi connectivity index (χ0v) is 17.9. The zero-order chi connectivity index (χ0) is 19.6. The highest BCUT2D eigenvalue weighted by Gasteiger charge is 2.22. The standard InChI is InChI=1S/C19H34N6OS/c1-5-16-13-22-17(27-16)7-10-21-19(20-6-2)23-15-8-11-25(12-9-15)14-18(26)24(3)4/h13,15H,5-12,14H2,1-4H3,(H2,20,21,23). The molecule has 0 radical (unpaired) electrons. The van der Waals surface area contributed by atoms with Gasteiger partial charge in [-0.15, -0.1) is 11.3 Å². The number of aryl methyl sites for hydroxylation is 1. The topological polar surface area (TPSA) is 72.9 Å². The van der Waals surface area contributed by atoms with Gasteiger partial charge in [-0.1, -0.05) is 6.92 Å². The number of aliphatic imine (C=N–C) groups is 1. The van der Waals surface area contributed by atoms with E-state index in [1.807, 2.05) is 20.3 Å². The van der Waals surface area contributed by atoms with Gasteiger partial charge in [0.1, 0.15) is 0 Å². The average molecular weight is 395 g/mol. The summed E-state index contributed by atoms with van der Waals surface area (Å²) in [5.74, 6) is 1.05. The number of nitrogens with zero attached hydrogens (tertiary/aromatic N) is 4. The Morgan fingerprint density at radius 2 is 2.11 bits per heavy atom. The van der Waals surface area contributed by atoms with E-state index in [2.05, 4.69) is 34.4 Å². The summed E-state index contributed by atoms with van der Waals surface area (Å²) in [6.45, 7) is 8.22. The second-order valence-electron chi connectivity index (χ2n) is 7.07. The molecule has 0 atom stereocenters. The van der Waals surface area contributed by atoms with E-state index in [4.69, 9.17) is 4.99 Å². The number of hydrogen-bond acceptors (Lipinski definition) is 5. The molecule has 2 N–H and O–H groups in total. The van der Waals surface area contributed by atoms with Crippen LogP contribution in [0.4, 0.5) is 0 Å². The molecule has 1 fully saturated rings. The number of nitrogens with one attached hydrogen (secondary N) is 2.